The summed E-state index contributed by atoms with van der Waals surface area (Å²) in [5.41, 5.74) is 0. The molecular weight excluding hydrogens is 289 g/mol. The first kappa shape index (κ1) is 10.9. The fraction of sp³-hybridized carbons (Fsp3) is 0. The van der Waals surface area contributed by atoms with E-state index in [0.29, 0.717) is 0 Å². The Balaban J connectivity index is 3.56. The van der Waals surface area contributed by atoms with E-state index in [9.17, 15) is 17.2 Å². The number of hydrogen-bond acceptors (Lipinski definition) is 2. The summed E-state index contributed by atoms with van der Waals surface area (Å²) in [6.07, 6.45) is 0. The van der Waals surface area contributed by atoms with Crippen molar-refractivity contribution in [3.8, 4) is 0 Å². The maximum absolute atomic E-state index is 12.8. The first-order chi connectivity index (χ1) is 5.82. The molecule has 0 heterocycles. The molecule has 0 atom stereocenters. The van der Waals surface area contributed by atoms with Crippen LogP contribution in [0.4, 0.5) is 8.78 Å². The molecule has 1 aromatic carbocycles. The van der Waals surface area contributed by atoms with Gasteiger partial charge in [-0.3, -0.25) is 0 Å². The van der Waals surface area contributed by atoms with Gasteiger partial charge in [0.05, 0.1) is 0 Å². The third-order valence-corrected chi connectivity index (χ3v) is 3.00. The molecule has 13 heavy (non-hydrogen) atoms. The van der Waals surface area contributed by atoms with Crippen LogP contribution < -0.4 is 0 Å². The highest BCUT2D eigenvalue weighted by molar-refractivity contribution is 9.10. The Morgan fingerprint density at radius 2 is 1.85 bits per heavy atom. The van der Waals surface area contributed by atoms with E-state index in [1.165, 1.54) is 0 Å². The van der Waals surface area contributed by atoms with Crippen LogP contribution in [-0.2, 0) is 9.05 Å². The van der Waals surface area contributed by atoms with Crippen LogP contribution in [0.15, 0.2) is 21.5 Å². The molecule has 0 aliphatic heterocycles. The number of halogens is 4. The molecule has 1 rings (SSSR count). The monoisotopic (exact) mass is 290 g/mol. The van der Waals surface area contributed by atoms with Gasteiger partial charge in [0.25, 0.3) is 9.05 Å². The summed E-state index contributed by atoms with van der Waals surface area (Å²) in [6, 6.07) is 1.70. The van der Waals surface area contributed by atoms with Crippen LogP contribution >= 0.6 is 26.6 Å². The minimum absolute atomic E-state index is 0.102. The van der Waals surface area contributed by atoms with E-state index in [0.717, 1.165) is 12.1 Å². The van der Waals surface area contributed by atoms with Gasteiger partial charge >= 0.3 is 0 Å². The highest BCUT2D eigenvalue weighted by atomic mass is 79.9. The Hall–Kier alpha value is -0.200. The lowest BCUT2D eigenvalue weighted by Crippen LogP contribution is -1.98. The minimum Gasteiger partial charge on any atom is -0.207 e. The van der Waals surface area contributed by atoms with Crippen molar-refractivity contribution in [2.45, 2.75) is 4.90 Å². The lowest BCUT2D eigenvalue weighted by molar-refractivity contribution is 0.485. The summed E-state index contributed by atoms with van der Waals surface area (Å²) in [4.78, 5) is -0.874. The lowest BCUT2D eigenvalue weighted by atomic mass is 10.3. The van der Waals surface area contributed by atoms with Crippen molar-refractivity contribution in [1.82, 2.24) is 0 Å². The highest BCUT2D eigenvalue weighted by Gasteiger charge is 2.20. The van der Waals surface area contributed by atoms with Crippen LogP contribution in [0.3, 0.4) is 0 Å². The summed E-state index contributed by atoms with van der Waals surface area (Å²) >= 11 is 2.81. The van der Waals surface area contributed by atoms with Crippen molar-refractivity contribution in [3.63, 3.8) is 0 Å². The van der Waals surface area contributed by atoms with Gasteiger partial charge in [0.15, 0.2) is 11.6 Å². The first-order valence-electron chi connectivity index (χ1n) is 2.91. The van der Waals surface area contributed by atoms with Gasteiger partial charge in [0.1, 0.15) is 4.90 Å². The van der Waals surface area contributed by atoms with Crippen molar-refractivity contribution in [1.29, 1.82) is 0 Å². The normalized spacial score (nSPS) is 11.7. The summed E-state index contributed by atoms with van der Waals surface area (Å²) in [7, 11) is 0.601. The van der Waals surface area contributed by atoms with Crippen molar-refractivity contribution < 1.29 is 17.2 Å². The zero-order valence-corrected chi connectivity index (χ0v) is 9.05. The van der Waals surface area contributed by atoms with E-state index in [2.05, 4.69) is 15.9 Å². The molecule has 0 fully saturated rings. The fourth-order valence-electron chi connectivity index (χ4n) is 0.710. The van der Waals surface area contributed by atoms with Gasteiger partial charge in [-0.05, 0) is 12.1 Å². The first-order valence-corrected chi connectivity index (χ1v) is 6.02. The highest BCUT2D eigenvalue weighted by Crippen LogP contribution is 2.25. The summed E-state index contributed by atoms with van der Waals surface area (Å²) < 4.78 is 47.0. The van der Waals surface area contributed by atoms with Crippen LogP contribution in [0.2, 0.25) is 0 Å². The largest absolute Gasteiger partial charge is 0.264 e. The van der Waals surface area contributed by atoms with Crippen LogP contribution in [0, 0.1) is 11.6 Å². The lowest BCUT2D eigenvalue weighted by Gasteiger charge is -2.00. The van der Waals surface area contributed by atoms with Gasteiger partial charge in [-0.1, -0.05) is 15.9 Å². The van der Waals surface area contributed by atoms with Crippen LogP contribution in [0.1, 0.15) is 0 Å². The molecule has 2 nitrogen and oxygen atoms in total. The average molecular weight is 292 g/mol. The van der Waals surface area contributed by atoms with Gasteiger partial charge in [-0.15, -0.1) is 0 Å². The van der Waals surface area contributed by atoms with Gasteiger partial charge in [0.2, 0.25) is 0 Å². The molecule has 0 radical (unpaired) electrons. The fourth-order valence-corrected chi connectivity index (χ4v) is 2.21. The summed E-state index contributed by atoms with van der Waals surface area (Å²) in [5, 5.41) is 0. The third-order valence-electron chi connectivity index (χ3n) is 1.22. The predicted molar refractivity (Wildman–Crippen MR) is 47.1 cm³/mol. The van der Waals surface area contributed by atoms with E-state index >= 15 is 0 Å². The zero-order chi connectivity index (χ0) is 10.2. The second-order valence-corrected chi connectivity index (χ2v) is 5.59. The molecule has 0 saturated heterocycles. The molecule has 0 bridgehead atoms. The molecule has 0 amide bonds. The molecule has 0 aliphatic carbocycles. The van der Waals surface area contributed by atoms with Crippen LogP contribution in [-0.4, -0.2) is 8.42 Å². The van der Waals surface area contributed by atoms with E-state index < -0.39 is 25.6 Å². The Bertz CT molecular complexity index is 446. The molecule has 0 aliphatic rings. The maximum Gasteiger partial charge on any atom is 0.264 e. The second kappa shape index (κ2) is 3.51. The maximum atomic E-state index is 12.8. The Morgan fingerprint density at radius 3 is 2.31 bits per heavy atom. The minimum atomic E-state index is -4.25. The van der Waals surface area contributed by atoms with Crippen molar-refractivity contribution in [3.05, 3.63) is 28.2 Å². The van der Waals surface area contributed by atoms with Crippen LogP contribution in [0.25, 0.3) is 0 Å². The number of hydrogen-bond donors (Lipinski definition) is 0. The Kier molecular flexibility index (Phi) is 2.94. The Labute approximate surface area is 86.1 Å². The van der Waals surface area contributed by atoms with E-state index in [4.69, 9.17) is 10.7 Å². The smallest absolute Gasteiger partial charge is 0.207 e. The SMILES string of the molecule is O=S(=O)(Cl)c1cc(Br)cc(F)c1F. The van der Waals surface area contributed by atoms with Crippen molar-refractivity contribution >= 4 is 35.7 Å². The molecule has 0 N–H and O–H groups in total. The topological polar surface area (TPSA) is 34.1 Å². The molecular formula is C6H2BrClF2O2S. The molecule has 1 aromatic rings. The Morgan fingerprint density at radius 1 is 1.31 bits per heavy atom. The molecule has 0 unspecified atom stereocenters. The second-order valence-electron chi connectivity index (χ2n) is 2.14. The van der Waals surface area contributed by atoms with Crippen molar-refractivity contribution in [2.24, 2.45) is 0 Å². The predicted octanol–water partition coefficient (Wildman–Crippen LogP) is 2.65. The van der Waals surface area contributed by atoms with Gasteiger partial charge < -0.3 is 0 Å². The zero-order valence-electron chi connectivity index (χ0n) is 5.89. The standard InChI is InChI=1S/C6H2BrClF2O2S/c7-3-1-4(9)6(10)5(2-3)13(8,11)12/h1-2H. The molecule has 72 valence electrons. The summed E-state index contributed by atoms with van der Waals surface area (Å²) in [5.74, 6) is -2.74. The van der Waals surface area contributed by atoms with E-state index in [-0.39, 0.29) is 4.47 Å². The van der Waals surface area contributed by atoms with Gasteiger partial charge in [-0.25, -0.2) is 17.2 Å². The van der Waals surface area contributed by atoms with E-state index in [1.807, 2.05) is 0 Å². The average Bonchev–Trinajstić information content (AvgIpc) is 1.94. The van der Waals surface area contributed by atoms with Crippen molar-refractivity contribution in [2.75, 3.05) is 0 Å². The third kappa shape index (κ3) is 2.38. The molecule has 0 spiro atoms. The number of benzene rings is 1. The van der Waals surface area contributed by atoms with E-state index in [1.54, 1.807) is 0 Å². The molecule has 0 saturated carbocycles. The quantitative estimate of drug-likeness (QED) is 0.589. The number of rotatable bonds is 1. The summed E-state index contributed by atoms with van der Waals surface area (Å²) in [6.45, 7) is 0. The van der Waals surface area contributed by atoms with Gasteiger partial charge in [0, 0.05) is 15.2 Å². The molecule has 0 aromatic heterocycles. The molecule has 7 heteroatoms. The van der Waals surface area contributed by atoms with Gasteiger partial charge in [-0.2, -0.15) is 0 Å². The van der Waals surface area contributed by atoms with Crippen LogP contribution in [0.5, 0.6) is 0 Å².